The van der Waals surface area contributed by atoms with Crippen molar-refractivity contribution in [2.45, 2.75) is 26.0 Å². The second kappa shape index (κ2) is 6.02. The molecule has 3 heteroatoms. The minimum atomic E-state index is -0.425. The molecule has 0 heterocycles. The molecule has 0 saturated carbocycles. The van der Waals surface area contributed by atoms with Gasteiger partial charge < -0.3 is 10.4 Å². The van der Waals surface area contributed by atoms with Gasteiger partial charge in [-0.2, -0.15) is 0 Å². The molecule has 0 unspecified atom stereocenters. The van der Waals surface area contributed by atoms with Crippen LogP contribution in [0.25, 0.3) is 0 Å². The maximum Gasteiger partial charge on any atom is 0.0940 e. The Bertz CT molecular complexity index is 260. The van der Waals surface area contributed by atoms with Crippen LogP contribution < -0.4 is 5.32 Å². The lowest BCUT2D eigenvalue weighted by Crippen LogP contribution is -2.28. The molecule has 1 aromatic carbocycles. The Balaban J connectivity index is 0.00000169. The van der Waals surface area contributed by atoms with Crippen molar-refractivity contribution in [2.24, 2.45) is 0 Å². The number of rotatable bonds is 3. The number of halogens is 1. The summed E-state index contributed by atoms with van der Waals surface area (Å²) in [5.74, 6) is 0. The Morgan fingerprint density at radius 3 is 2.14 bits per heavy atom. The van der Waals surface area contributed by atoms with E-state index in [0.717, 1.165) is 5.56 Å². The van der Waals surface area contributed by atoms with Crippen LogP contribution in [0.3, 0.4) is 0 Å². The molecule has 0 spiro atoms. The molecule has 0 aliphatic heterocycles. The van der Waals surface area contributed by atoms with Crippen LogP contribution in [0, 0.1) is 6.92 Å². The number of aliphatic hydroxyl groups excluding tert-OH is 1. The summed E-state index contributed by atoms with van der Waals surface area (Å²) in [6.45, 7) is 4.00. The highest BCUT2D eigenvalue weighted by atomic mass is 35.5. The van der Waals surface area contributed by atoms with Gasteiger partial charge in [-0.25, -0.2) is 0 Å². The van der Waals surface area contributed by atoms with Crippen molar-refractivity contribution in [3.8, 4) is 0 Å². The Morgan fingerprint density at radius 2 is 1.71 bits per heavy atom. The van der Waals surface area contributed by atoms with E-state index < -0.39 is 6.10 Å². The van der Waals surface area contributed by atoms with Crippen LogP contribution in [0.1, 0.15) is 24.2 Å². The van der Waals surface area contributed by atoms with Gasteiger partial charge in [0.2, 0.25) is 0 Å². The van der Waals surface area contributed by atoms with E-state index in [2.05, 4.69) is 5.32 Å². The molecule has 2 N–H and O–H groups in total. The van der Waals surface area contributed by atoms with Crippen molar-refractivity contribution in [1.29, 1.82) is 0 Å². The Hall–Kier alpha value is -0.570. The van der Waals surface area contributed by atoms with E-state index >= 15 is 0 Å². The summed E-state index contributed by atoms with van der Waals surface area (Å²) >= 11 is 0. The van der Waals surface area contributed by atoms with Crippen molar-refractivity contribution in [2.75, 3.05) is 7.05 Å². The Labute approximate surface area is 91.8 Å². The first-order chi connectivity index (χ1) is 6.15. The first-order valence-electron chi connectivity index (χ1n) is 4.57. The van der Waals surface area contributed by atoms with E-state index in [-0.39, 0.29) is 18.4 Å². The van der Waals surface area contributed by atoms with Crippen LogP contribution in [0.15, 0.2) is 24.3 Å². The van der Waals surface area contributed by atoms with Gasteiger partial charge in [0.15, 0.2) is 0 Å². The number of hydrogen-bond acceptors (Lipinski definition) is 2. The molecule has 0 fully saturated rings. The fourth-order valence-corrected chi connectivity index (χ4v) is 1.21. The first kappa shape index (κ1) is 13.4. The summed E-state index contributed by atoms with van der Waals surface area (Å²) < 4.78 is 0. The third kappa shape index (κ3) is 3.29. The minimum Gasteiger partial charge on any atom is -0.387 e. The van der Waals surface area contributed by atoms with Gasteiger partial charge in [0.25, 0.3) is 0 Å². The van der Waals surface area contributed by atoms with Crippen molar-refractivity contribution in [3.63, 3.8) is 0 Å². The monoisotopic (exact) mass is 215 g/mol. The van der Waals surface area contributed by atoms with Crippen LogP contribution in [0.4, 0.5) is 0 Å². The highest BCUT2D eigenvalue weighted by Crippen LogP contribution is 2.16. The molecule has 0 aromatic heterocycles. The van der Waals surface area contributed by atoms with Crippen LogP contribution in [0.2, 0.25) is 0 Å². The van der Waals surface area contributed by atoms with E-state index in [4.69, 9.17) is 0 Å². The minimum absolute atomic E-state index is 0. The molecule has 0 radical (unpaired) electrons. The molecule has 0 bridgehead atoms. The molecule has 1 aromatic rings. The summed E-state index contributed by atoms with van der Waals surface area (Å²) in [5.41, 5.74) is 2.18. The second-order valence-electron chi connectivity index (χ2n) is 3.43. The lowest BCUT2D eigenvalue weighted by atomic mass is 10.0. The highest BCUT2D eigenvalue weighted by Gasteiger charge is 2.13. The number of benzene rings is 1. The number of hydrogen-bond donors (Lipinski definition) is 2. The predicted molar refractivity (Wildman–Crippen MR) is 61.9 cm³/mol. The molecule has 2 nitrogen and oxygen atoms in total. The van der Waals surface area contributed by atoms with Gasteiger partial charge in [0.1, 0.15) is 0 Å². The molecular weight excluding hydrogens is 198 g/mol. The van der Waals surface area contributed by atoms with Gasteiger partial charge >= 0.3 is 0 Å². The Morgan fingerprint density at radius 1 is 1.21 bits per heavy atom. The average molecular weight is 216 g/mol. The second-order valence-corrected chi connectivity index (χ2v) is 3.43. The van der Waals surface area contributed by atoms with E-state index in [1.807, 2.05) is 45.2 Å². The van der Waals surface area contributed by atoms with E-state index in [1.165, 1.54) is 5.56 Å². The largest absolute Gasteiger partial charge is 0.387 e. The SMILES string of the molecule is CN[C@H](C)[C@@H](O)c1ccc(C)cc1.Cl. The zero-order chi connectivity index (χ0) is 9.84. The maximum atomic E-state index is 9.82. The van der Waals surface area contributed by atoms with Crippen molar-refractivity contribution >= 4 is 12.4 Å². The van der Waals surface area contributed by atoms with Crippen molar-refractivity contribution < 1.29 is 5.11 Å². The molecule has 0 aliphatic rings. The molecule has 2 atom stereocenters. The van der Waals surface area contributed by atoms with E-state index in [0.29, 0.717) is 0 Å². The quantitative estimate of drug-likeness (QED) is 0.809. The molecular formula is C11H18ClNO. The molecule has 0 amide bonds. The van der Waals surface area contributed by atoms with Crippen molar-refractivity contribution in [1.82, 2.24) is 5.32 Å². The van der Waals surface area contributed by atoms with E-state index in [9.17, 15) is 5.11 Å². The third-order valence-corrected chi connectivity index (χ3v) is 2.35. The highest BCUT2D eigenvalue weighted by molar-refractivity contribution is 5.85. The molecule has 1 rings (SSSR count). The standard InChI is InChI=1S/C11H17NO.ClH/c1-8-4-6-10(7-5-8)11(13)9(2)12-3;/h4-7,9,11-13H,1-3H3;1H/t9-,11-;/m1./s1. The number of aryl methyl sites for hydroxylation is 1. The van der Waals surface area contributed by atoms with Gasteiger partial charge in [-0.1, -0.05) is 29.8 Å². The van der Waals surface area contributed by atoms with Crippen LogP contribution in [-0.4, -0.2) is 18.2 Å². The first-order valence-corrected chi connectivity index (χ1v) is 4.57. The normalized spacial score (nSPS) is 14.3. The fourth-order valence-electron chi connectivity index (χ4n) is 1.21. The zero-order valence-corrected chi connectivity index (χ0v) is 9.64. The van der Waals surface area contributed by atoms with Gasteiger partial charge in [0.05, 0.1) is 6.10 Å². The van der Waals surface area contributed by atoms with Gasteiger partial charge in [-0.05, 0) is 26.5 Å². The zero-order valence-electron chi connectivity index (χ0n) is 8.82. The van der Waals surface area contributed by atoms with Gasteiger partial charge in [0, 0.05) is 6.04 Å². The molecule has 0 aliphatic carbocycles. The summed E-state index contributed by atoms with van der Waals surface area (Å²) in [5, 5.41) is 12.8. The average Bonchev–Trinajstić information content (AvgIpc) is 2.17. The van der Waals surface area contributed by atoms with Gasteiger partial charge in [-0.3, -0.25) is 0 Å². The lowest BCUT2D eigenvalue weighted by molar-refractivity contribution is 0.140. The summed E-state index contributed by atoms with van der Waals surface area (Å²) in [7, 11) is 1.85. The van der Waals surface area contributed by atoms with Crippen molar-refractivity contribution in [3.05, 3.63) is 35.4 Å². The summed E-state index contributed by atoms with van der Waals surface area (Å²) in [6, 6.07) is 8.05. The van der Waals surface area contributed by atoms with Gasteiger partial charge in [-0.15, -0.1) is 12.4 Å². The fraction of sp³-hybridized carbons (Fsp3) is 0.455. The summed E-state index contributed by atoms with van der Waals surface area (Å²) in [6.07, 6.45) is -0.425. The third-order valence-electron chi connectivity index (χ3n) is 2.35. The molecule has 80 valence electrons. The molecule has 14 heavy (non-hydrogen) atoms. The Kier molecular flexibility index (Phi) is 5.77. The molecule has 0 saturated heterocycles. The smallest absolute Gasteiger partial charge is 0.0940 e. The number of likely N-dealkylation sites (N-methyl/N-ethyl adjacent to an activating group) is 1. The van der Waals surface area contributed by atoms with Crippen LogP contribution in [-0.2, 0) is 0 Å². The predicted octanol–water partition coefficient (Wildman–Crippen LogP) is 2.06. The number of aliphatic hydroxyl groups is 1. The van der Waals surface area contributed by atoms with Crippen LogP contribution >= 0.6 is 12.4 Å². The number of nitrogens with one attached hydrogen (secondary N) is 1. The van der Waals surface area contributed by atoms with E-state index in [1.54, 1.807) is 0 Å². The topological polar surface area (TPSA) is 32.3 Å². The lowest BCUT2D eigenvalue weighted by Gasteiger charge is -2.18. The summed E-state index contributed by atoms with van der Waals surface area (Å²) in [4.78, 5) is 0. The van der Waals surface area contributed by atoms with Crippen LogP contribution in [0.5, 0.6) is 0 Å². The maximum absolute atomic E-state index is 9.82.